The van der Waals surface area contributed by atoms with Crippen LogP contribution in [0.2, 0.25) is 0 Å². The predicted molar refractivity (Wildman–Crippen MR) is 59.7 cm³/mol. The Kier molecular flexibility index (Phi) is 4.01. The first-order valence-electron chi connectivity index (χ1n) is 5.29. The van der Waals surface area contributed by atoms with E-state index in [1.54, 1.807) is 5.57 Å². The predicted octanol–water partition coefficient (Wildman–Crippen LogP) is 4.40. The molecule has 0 heterocycles. The molecule has 0 radical (unpaired) electrons. The third kappa shape index (κ3) is 2.87. The Balaban J connectivity index is 2.65. The summed E-state index contributed by atoms with van der Waals surface area (Å²) in [7, 11) is 0. The molecule has 0 unspecified atom stereocenters. The lowest BCUT2D eigenvalue weighted by Crippen LogP contribution is -1.97. The molecule has 1 aliphatic rings. The highest BCUT2D eigenvalue weighted by molar-refractivity contribution is 5.35. The summed E-state index contributed by atoms with van der Waals surface area (Å²) in [6.45, 7) is 8.39. The number of hydrogen-bond acceptors (Lipinski definition) is 0. The van der Waals surface area contributed by atoms with E-state index in [1.165, 1.54) is 30.4 Å². The van der Waals surface area contributed by atoms with Crippen LogP contribution in [0.3, 0.4) is 0 Å². The molecule has 0 amide bonds. The van der Waals surface area contributed by atoms with Crippen molar-refractivity contribution in [2.45, 2.75) is 46.0 Å². The summed E-state index contributed by atoms with van der Waals surface area (Å²) in [4.78, 5) is 0. The zero-order chi connectivity index (χ0) is 9.68. The Morgan fingerprint density at radius 2 is 2.38 bits per heavy atom. The van der Waals surface area contributed by atoms with Crippen molar-refractivity contribution in [2.24, 2.45) is 0 Å². The smallest absolute Gasteiger partial charge is 0.00705 e. The molecule has 0 bridgehead atoms. The van der Waals surface area contributed by atoms with Crippen LogP contribution < -0.4 is 0 Å². The zero-order valence-electron chi connectivity index (χ0n) is 8.90. The van der Waals surface area contributed by atoms with Crippen molar-refractivity contribution in [1.29, 1.82) is 0 Å². The minimum Gasteiger partial charge on any atom is -0.0995 e. The standard InChI is InChI=1S/C13H20/c1-4-11(3)10-13-9-7-6-8-12(13)5-2/h5,9H,3-4,6-8,10H2,1-2H3/b12-5-. The van der Waals surface area contributed by atoms with Gasteiger partial charge in [0.05, 0.1) is 0 Å². The van der Waals surface area contributed by atoms with Crippen molar-refractivity contribution in [3.05, 3.63) is 35.5 Å². The molecular weight excluding hydrogens is 156 g/mol. The average Bonchev–Trinajstić information content (AvgIpc) is 2.18. The molecule has 0 aromatic carbocycles. The summed E-state index contributed by atoms with van der Waals surface area (Å²) in [6.07, 6.45) is 10.7. The maximum absolute atomic E-state index is 4.07. The first kappa shape index (κ1) is 10.3. The summed E-state index contributed by atoms with van der Waals surface area (Å²) in [5.74, 6) is 0. The molecule has 1 aliphatic carbocycles. The van der Waals surface area contributed by atoms with E-state index in [1.807, 2.05) is 0 Å². The second-order valence-electron chi connectivity index (χ2n) is 3.72. The van der Waals surface area contributed by atoms with E-state index in [2.05, 4.69) is 32.6 Å². The topological polar surface area (TPSA) is 0 Å². The molecule has 1 rings (SSSR count). The fraction of sp³-hybridized carbons (Fsp3) is 0.538. The SMILES string of the molecule is C=C(CC)CC1=CCCC/C1=C/C. The van der Waals surface area contributed by atoms with Gasteiger partial charge in [-0.1, -0.05) is 31.2 Å². The Labute approximate surface area is 82.0 Å². The molecule has 0 saturated heterocycles. The van der Waals surface area contributed by atoms with Crippen LogP contribution in [0.4, 0.5) is 0 Å². The monoisotopic (exact) mass is 176 g/mol. The van der Waals surface area contributed by atoms with Gasteiger partial charge in [-0.15, -0.1) is 0 Å². The average molecular weight is 176 g/mol. The van der Waals surface area contributed by atoms with Gasteiger partial charge >= 0.3 is 0 Å². The van der Waals surface area contributed by atoms with E-state index in [0.29, 0.717) is 0 Å². The third-order valence-electron chi connectivity index (χ3n) is 2.74. The van der Waals surface area contributed by atoms with Crippen LogP contribution in [0.5, 0.6) is 0 Å². The van der Waals surface area contributed by atoms with Gasteiger partial charge in [0.25, 0.3) is 0 Å². The van der Waals surface area contributed by atoms with Crippen molar-refractivity contribution in [1.82, 2.24) is 0 Å². The van der Waals surface area contributed by atoms with E-state index < -0.39 is 0 Å². The lowest BCUT2D eigenvalue weighted by Gasteiger charge is -2.17. The van der Waals surface area contributed by atoms with Crippen LogP contribution >= 0.6 is 0 Å². The van der Waals surface area contributed by atoms with Crippen molar-refractivity contribution < 1.29 is 0 Å². The summed E-state index contributed by atoms with van der Waals surface area (Å²) in [6, 6.07) is 0. The summed E-state index contributed by atoms with van der Waals surface area (Å²) >= 11 is 0. The van der Waals surface area contributed by atoms with Gasteiger partial charge in [0.2, 0.25) is 0 Å². The Bertz CT molecular complexity index is 241. The van der Waals surface area contributed by atoms with E-state index in [4.69, 9.17) is 0 Å². The summed E-state index contributed by atoms with van der Waals surface area (Å²) in [5.41, 5.74) is 4.42. The molecule has 0 fully saturated rings. The van der Waals surface area contributed by atoms with Gasteiger partial charge in [-0.05, 0) is 50.2 Å². The van der Waals surface area contributed by atoms with Gasteiger partial charge in [0.1, 0.15) is 0 Å². The van der Waals surface area contributed by atoms with Crippen molar-refractivity contribution >= 4 is 0 Å². The van der Waals surface area contributed by atoms with E-state index in [-0.39, 0.29) is 0 Å². The van der Waals surface area contributed by atoms with Gasteiger partial charge in [-0.2, -0.15) is 0 Å². The van der Waals surface area contributed by atoms with Crippen LogP contribution in [0.25, 0.3) is 0 Å². The normalized spacial score (nSPS) is 20.2. The highest BCUT2D eigenvalue weighted by atomic mass is 14.1. The second-order valence-corrected chi connectivity index (χ2v) is 3.72. The fourth-order valence-corrected chi connectivity index (χ4v) is 1.77. The quantitative estimate of drug-likeness (QED) is 0.559. The highest BCUT2D eigenvalue weighted by Gasteiger charge is 2.09. The molecule has 0 nitrogen and oxygen atoms in total. The maximum Gasteiger partial charge on any atom is -0.00705 e. The Morgan fingerprint density at radius 3 is 3.00 bits per heavy atom. The minimum atomic E-state index is 1.09. The molecule has 0 aliphatic heterocycles. The van der Waals surface area contributed by atoms with Gasteiger partial charge in [-0.25, -0.2) is 0 Å². The van der Waals surface area contributed by atoms with Crippen LogP contribution in [0.1, 0.15) is 46.0 Å². The van der Waals surface area contributed by atoms with Gasteiger partial charge in [-0.3, -0.25) is 0 Å². The summed E-state index contributed by atoms with van der Waals surface area (Å²) in [5, 5.41) is 0. The molecule has 0 heteroatoms. The lowest BCUT2D eigenvalue weighted by molar-refractivity contribution is 0.783. The van der Waals surface area contributed by atoms with E-state index in [9.17, 15) is 0 Å². The Morgan fingerprint density at radius 1 is 1.62 bits per heavy atom. The van der Waals surface area contributed by atoms with E-state index in [0.717, 1.165) is 12.8 Å². The molecule has 0 aromatic heterocycles. The molecule has 72 valence electrons. The molecule has 0 spiro atoms. The summed E-state index contributed by atoms with van der Waals surface area (Å²) < 4.78 is 0. The van der Waals surface area contributed by atoms with Crippen LogP contribution in [-0.4, -0.2) is 0 Å². The highest BCUT2D eigenvalue weighted by Crippen LogP contribution is 2.28. The second kappa shape index (κ2) is 5.06. The van der Waals surface area contributed by atoms with Crippen molar-refractivity contribution in [2.75, 3.05) is 0 Å². The van der Waals surface area contributed by atoms with Crippen molar-refractivity contribution in [3.8, 4) is 0 Å². The Hall–Kier alpha value is -0.780. The zero-order valence-corrected chi connectivity index (χ0v) is 8.90. The largest absolute Gasteiger partial charge is 0.0995 e. The van der Waals surface area contributed by atoms with Crippen LogP contribution in [0, 0.1) is 0 Å². The van der Waals surface area contributed by atoms with Gasteiger partial charge in [0, 0.05) is 0 Å². The lowest BCUT2D eigenvalue weighted by atomic mass is 9.89. The molecule has 0 N–H and O–H groups in total. The molecular formula is C13H20. The maximum atomic E-state index is 4.07. The third-order valence-corrected chi connectivity index (χ3v) is 2.74. The molecule has 0 atom stereocenters. The molecule has 0 aromatic rings. The van der Waals surface area contributed by atoms with Crippen LogP contribution in [0.15, 0.2) is 35.5 Å². The van der Waals surface area contributed by atoms with E-state index >= 15 is 0 Å². The number of rotatable bonds is 3. The number of allylic oxidation sites excluding steroid dienone is 5. The molecule has 13 heavy (non-hydrogen) atoms. The minimum absolute atomic E-state index is 1.09. The first-order valence-corrected chi connectivity index (χ1v) is 5.29. The van der Waals surface area contributed by atoms with Gasteiger partial charge in [0.15, 0.2) is 0 Å². The molecule has 0 saturated carbocycles. The first-order chi connectivity index (χ1) is 6.27. The van der Waals surface area contributed by atoms with Gasteiger partial charge < -0.3 is 0 Å². The fourth-order valence-electron chi connectivity index (χ4n) is 1.77. The van der Waals surface area contributed by atoms with Crippen molar-refractivity contribution in [3.63, 3.8) is 0 Å². The number of hydrogen-bond donors (Lipinski definition) is 0. The van der Waals surface area contributed by atoms with Crippen LogP contribution in [-0.2, 0) is 0 Å².